The van der Waals surface area contributed by atoms with E-state index in [1.807, 2.05) is 0 Å². The zero-order chi connectivity index (χ0) is 14.0. The average Bonchev–Trinajstić information content (AvgIpc) is 2.65. The summed E-state index contributed by atoms with van der Waals surface area (Å²) in [6.07, 6.45) is -1.53. The first-order valence-electron chi connectivity index (χ1n) is 5.86. The summed E-state index contributed by atoms with van der Waals surface area (Å²) in [5.41, 5.74) is 0.562. The number of rotatable bonds is 4. The lowest BCUT2D eigenvalue weighted by atomic mass is 10.1. The van der Waals surface area contributed by atoms with Crippen LogP contribution in [0.3, 0.4) is 0 Å². The van der Waals surface area contributed by atoms with Crippen LogP contribution in [0.15, 0.2) is 24.3 Å². The van der Waals surface area contributed by atoms with Crippen LogP contribution in [0.1, 0.15) is 27.6 Å². The van der Waals surface area contributed by atoms with Crippen LogP contribution >= 0.6 is 0 Å². The molecule has 0 saturated heterocycles. The van der Waals surface area contributed by atoms with Gasteiger partial charge in [0, 0.05) is 0 Å². The number of amides is 2. The fraction of sp³-hybridized carbons (Fsp3) is 0.308. The molecule has 0 aliphatic carbocycles. The molecule has 0 radical (unpaired) electrons. The third kappa shape index (κ3) is 2.34. The quantitative estimate of drug-likeness (QED) is 0.620. The number of imide groups is 1. The lowest BCUT2D eigenvalue weighted by molar-refractivity contribution is -0.153. The van der Waals surface area contributed by atoms with Crippen LogP contribution in [-0.2, 0) is 9.53 Å². The molecule has 0 aromatic heterocycles. The maximum Gasteiger partial charge on any atom is 0.336 e. The predicted molar refractivity (Wildman–Crippen MR) is 64.4 cm³/mol. The number of carbonyl (C=O) groups excluding carboxylic acids is 3. The van der Waals surface area contributed by atoms with Crippen molar-refractivity contribution in [2.75, 3.05) is 13.2 Å². The summed E-state index contributed by atoms with van der Waals surface area (Å²) in [5.74, 6) is -1.87. The Hall–Kier alpha value is -2.21. The zero-order valence-electron chi connectivity index (χ0n) is 10.3. The van der Waals surface area contributed by atoms with Gasteiger partial charge in [0.15, 0.2) is 6.10 Å². The molecule has 1 N–H and O–H groups in total. The molecule has 19 heavy (non-hydrogen) atoms. The molecular weight excluding hydrogens is 250 g/mol. The number of hydrogen-bond acceptors (Lipinski definition) is 5. The minimum absolute atomic E-state index is 0.123. The molecule has 2 rings (SSSR count). The Morgan fingerprint density at radius 2 is 1.79 bits per heavy atom. The molecule has 1 aliphatic heterocycles. The first-order chi connectivity index (χ1) is 9.06. The topological polar surface area (TPSA) is 83.9 Å². The van der Waals surface area contributed by atoms with Crippen molar-refractivity contribution in [2.45, 2.75) is 13.0 Å². The molecule has 0 spiro atoms. The Morgan fingerprint density at radius 3 is 2.26 bits per heavy atom. The van der Waals surface area contributed by atoms with Crippen molar-refractivity contribution in [3.63, 3.8) is 0 Å². The number of nitrogens with zero attached hydrogens (tertiary/aromatic N) is 1. The van der Waals surface area contributed by atoms with Gasteiger partial charge in [-0.2, -0.15) is 0 Å². The average molecular weight is 263 g/mol. The number of aliphatic hydroxyl groups excluding tert-OH is 1. The summed E-state index contributed by atoms with van der Waals surface area (Å²) in [6.45, 7) is 1.33. The zero-order valence-corrected chi connectivity index (χ0v) is 10.3. The van der Waals surface area contributed by atoms with Gasteiger partial charge in [-0.3, -0.25) is 14.5 Å². The largest absolute Gasteiger partial charge is 0.464 e. The summed E-state index contributed by atoms with van der Waals surface area (Å²) >= 11 is 0. The third-order valence-electron chi connectivity index (χ3n) is 2.79. The molecule has 1 aromatic carbocycles. The Labute approximate surface area is 109 Å². The van der Waals surface area contributed by atoms with Gasteiger partial charge in [0.25, 0.3) is 11.8 Å². The van der Waals surface area contributed by atoms with E-state index in [9.17, 15) is 19.5 Å². The smallest absolute Gasteiger partial charge is 0.336 e. The van der Waals surface area contributed by atoms with E-state index in [0.29, 0.717) is 0 Å². The standard InChI is InChI=1S/C13H13NO5/c1-2-19-13(18)10(15)7-14-11(16)8-5-3-4-6-9(8)12(14)17/h3-6,10,15H,2,7H2,1H3. The van der Waals surface area contributed by atoms with E-state index < -0.39 is 30.4 Å². The van der Waals surface area contributed by atoms with E-state index >= 15 is 0 Å². The lowest BCUT2D eigenvalue weighted by Gasteiger charge is -2.17. The van der Waals surface area contributed by atoms with Gasteiger partial charge in [0.2, 0.25) is 0 Å². The molecule has 1 aliphatic rings. The first-order valence-corrected chi connectivity index (χ1v) is 5.86. The molecule has 0 fully saturated rings. The van der Waals surface area contributed by atoms with E-state index in [2.05, 4.69) is 4.74 Å². The number of hydrogen-bond donors (Lipinski definition) is 1. The van der Waals surface area contributed by atoms with Gasteiger partial charge in [0.1, 0.15) is 0 Å². The van der Waals surface area contributed by atoms with Crippen LogP contribution < -0.4 is 0 Å². The lowest BCUT2D eigenvalue weighted by Crippen LogP contribution is -2.41. The molecule has 1 aromatic rings. The van der Waals surface area contributed by atoms with Gasteiger partial charge in [-0.25, -0.2) is 4.79 Å². The Balaban J connectivity index is 2.14. The summed E-state index contributed by atoms with van der Waals surface area (Å²) in [5, 5.41) is 9.60. The molecule has 100 valence electrons. The second-order valence-electron chi connectivity index (χ2n) is 4.03. The predicted octanol–water partition coefficient (Wildman–Crippen LogP) is 0.207. The SMILES string of the molecule is CCOC(=O)C(O)CN1C(=O)c2ccccc2C1=O. The molecule has 1 unspecified atom stereocenters. The fourth-order valence-electron chi connectivity index (χ4n) is 1.89. The van der Waals surface area contributed by atoms with Crippen molar-refractivity contribution < 1.29 is 24.2 Å². The third-order valence-corrected chi connectivity index (χ3v) is 2.79. The van der Waals surface area contributed by atoms with Crippen LogP contribution in [0.4, 0.5) is 0 Å². The molecular formula is C13H13NO5. The number of fused-ring (bicyclic) bond motifs is 1. The summed E-state index contributed by atoms with van der Waals surface area (Å²) in [4.78, 5) is 36.1. The van der Waals surface area contributed by atoms with Crippen LogP contribution in [0.25, 0.3) is 0 Å². The molecule has 0 bridgehead atoms. The van der Waals surface area contributed by atoms with Crippen LogP contribution in [0, 0.1) is 0 Å². The van der Waals surface area contributed by atoms with Crippen molar-refractivity contribution in [1.29, 1.82) is 0 Å². The minimum atomic E-state index is -1.53. The molecule has 1 heterocycles. The van der Waals surface area contributed by atoms with Gasteiger partial charge in [0.05, 0.1) is 24.3 Å². The van der Waals surface area contributed by atoms with Gasteiger partial charge in [-0.15, -0.1) is 0 Å². The second kappa shape index (κ2) is 5.19. The van der Waals surface area contributed by atoms with Crippen LogP contribution in [0.5, 0.6) is 0 Å². The highest BCUT2D eigenvalue weighted by atomic mass is 16.5. The van der Waals surface area contributed by atoms with Gasteiger partial charge in [-0.1, -0.05) is 12.1 Å². The van der Waals surface area contributed by atoms with E-state index in [-0.39, 0.29) is 17.7 Å². The Kier molecular flexibility index (Phi) is 3.62. The highest BCUT2D eigenvalue weighted by molar-refractivity contribution is 6.21. The van der Waals surface area contributed by atoms with Gasteiger partial charge in [-0.05, 0) is 19.1 Å². The summed E-state index contributed by atoms with van der Waals surface area (Å²) in [7, 11) is 0. The van der Waals surface area contributed by atoms with Gasteiger partial charge >= 0.3 is 5.97 Å². The van der Waals surface area contributed by atoms with Crippen LogP contribution in [-0.4, -0.2) is 47.0 Å². The number of ether oxygens (including phenoxy) is 1. The number of β-amino-alcohol motifs (C(OH)–C–C–N with tert-alkyl or cyclic N) is 1. The Morgan fingerprint density at radius 1 is 1.26 bits per heavy atom. The summed E-state index contributed by atoms with van der Waals surface area (Å²) < 4.78 is 4.62. The van der Waals surface area contributed by atoms with Crippen molar-refractivity contribution in [3.8, 4) is 0 Å². The highest BCUT2D eigenvalue weighted by Gasteiger charge is 2.37. The van der Waals surface area contributed by atoms with Crippen molar-refractivity contribution >= 4 is 17.8 Å². The molecule has 6 heteroatoms. The van der Waals surface area contributed by atoms with Crippen molar-refractivity contribution in [1.82, 2.24) is 4.90 Å². The van der Waals surface area contributed by atoms with Crippen LogP contribution in [0.2, 0.25) is 0 Å². The highest BCUT2D eigenvalue weighted by Crippen LogP contribution is 2.22. The number of esters is 1. The molecule has 2 amide bonds. The molecule has 6 nitrogen and oxygen atoms in total. The fourth-order valence-corrected chi connectivity index (χ4v) is 1.89. The second-order valence-corrected chi connectivity index (χ2v) is 4.03. The van der Waals surface area contributed by atoms with Crippen molar-refractivity contribution in [3.05, 3.63) is 35.4 Å². The van der Waals surface area contributed by atoms with E-state index in [1.165, 1.54) is 12.1 Å². The van der Waals surface area contributed by atoms with Crippen molar-refractivity contribution in [2.24, 2.45) is 0 Å². The minimum Gasteiger partial charge on any atom is -0.464 e. The molecule has 1 atom stereocenters. The molecule has 0 saturated carbocycles. The summed E-state index contributed by atoms with van der Waals surface area (Å²) in [6, 6.07) is 6.36. The van der Waals surface area contributed by atoms with Gasteiger partial charge < -0.3 is 9.84 Å². The number of carbonyl (C=O) groups is 3. The van der Waals surface area contributed by atoms with E-state index in [4.69, 9.17) is 0 Å². The van der Waals surface area contributed by atoms with E-state index in [1.54, 1.807) is 19.1 Å². The number of benzene rings is 1. The first kappa shape index (κ1) is 13.2. The normalized spacial score (nSPS) is 15.4. The number of aliphatic hydroxyl groups is 1. The maximum atomic E-state index is 12.0. The monoisotopic (exact) mass is 263 g/mol. The Bertz CT molecular complexity index is 505. The maximum absolute atomic E-state index is 12.0. The van der Waals surface area contributed by atoms with E-state index in [0.717, 1.165) is 4.90 Å².